The Kier molecular flexibility index (Phi) is 2.07. The minimum atomic E-state index is 0.146. The Labute approximate surface area is 73.7 Å². The molecule has 3 aliphatic carbocycles. The van der Waals surface area contributed by atoms with Gasteiger partial charge in [0, 0.05) is 13.0 Å². The molecule has 0 saturated heterocycles. The van der Waals surface area contributed by atoms with E-state index in [2.05, 4.69) is 5.32 Å². The van der Waals surface area contributed by atoms with Gasteiger partial charge in [0.05, 0.1) is 0 Å². The van der Waals surface area contributed by atoms with E-state index in [0.29, 0.717) is 6.04 Å². The number of hydrogen-bond donors (Lipinski definition) is 1. The second-order valence-electron chi connectivity index (χ2n) is 4.32. The van der Waals surface area contributed by atoms with Crippen molar-refractivity contribution in [3.8, 4) is 0 Å². The normalized spacial score (nSPS) is 39.6. The standard InChI is InChI=1S/C10H17NO/c1-7(12)11-10-6-8-2-4-9(10)5-3-8/h8-10H,2-6H2,1H3,(H,11,12). The fraction of sp³-hybridized carbons (Fsp3) is 0.900. The van der Waals surface area contributed by atoms with Crippen LogP contribution in [0.1, 0.15) is 39.0 Å². The Hall–Kier alpha value is -0.530. The van der Waals surface area contributed by atoms with Gasteiger partial charge in [-0.3, -0.25) is 4.79 Å². The first-order valence-corrected chi connectivity index (χ1v) is 5.03. The maximum atomic E-state index is 10.9. The summed E-state index contributed by atoms with van der Waals surface area (Å²) in [6.45, 7) is 1.63. The van der Waals surface area contributed by atoms with E-state index in [1.165, 1.54) is 32.1 Å². The van der Waals surface area contributed by atoms with Gasteiger partial charge in [-0.25, -0.2) is 0 Å². The van der Waals surface area contributed by atoms with Crippen molar-refractivity contribution < 1.29 is 4.79 Å². The largest absolute Gasteiger partial charge is 0.353 e. The van der Waals surface area contributed by atoms with Gasteiger partial charge in [-0.2, -0.15) is 0 Å². The van der Waals surface area contributed by atoms with Crippen LogP contribution in [0.5, 0.6) is 0 Å². The molecule has 2 nitrogen and oxygen atoms in total. The maximum absolute atomic E-state index is 10.9. The molecule has 0 spiro atoms. The lowest BCUT2D eigenvalue weighted by Crippen LogP contribution is -2.46. The van der Waals surface area contributed by atoms with Crippen LogP contribution in [0, 0.1) is 11.8 Å². The van der Waals surface area contributed by atoms with Gasteiger partial charge in [-0.15, -0.1) is 0 Å². The molecule has 1 unspecified atom stereocenters. The molecule has 0 heterocycles. The maximum Gasteiger partial charge on any atom is 0.217 e. The van der Waals surface area contributed by atoms with Crippen LogP contribution in [0.2, 0.25) is 0 Å². The molecule has 1 atom stereocenters. The number of fused-ring (bicyclic) bond motifs is 3. The van der Waals surface area contributed by atoms with Crippen LogP contribution in [0.3, 0.4) is 0 Å². The minimum absolute atomic E-state index is 0.146. The quantitative estimate of drug-likeness (QED) is 0.632. The summed E-state index contributed by atoms with van der Waals surface area (Å²) in [7, 11) is 0. The molecule has 1 amide bonds. The molecule has 3 fully saturated rings. The number of amides is 1. The highest BCUT2D eigenvalue weighted by Crippen LogP contribution is 2.41. The third-order valence-electron chi connectivity index (χ3n) is 3.44. The minimum Gasteiger partial charge on any atom is -0.353 e. The molecule has 3 rings (SSSR count). The topological polar surface area (TPSA) is 29.1 Å². The summed E-state index contributed by atoms with van der Waals surface area (Å²) in [6.07, 6.45) is 6.73. The molecule has 0 aliphatic heterocycles. The van der Waals surface area contributed by atoms with Crippen molar-refractivity contribution in [3.05, 3.63) is 0 Å². The highest BCUT2D eigenvalue weighted by Gasteiger charge is 2.35. The SMILES string of the molecule is CC(=O)NC1CC2CCC1CC2. The Bertz CT molecular complexity index is 182. The molecular formula is C10H17NO. The fourth-order valence-corrected chi connectivity index (χ4v) is 2.82. The van der Waals surface area contributed by atoms with Crippen LogP contribution in [0.4, 0.5) is 0 Å². The molecule has 0 aromatic heterocycles. The molecule has 12 heavy (non-hydrogen) atoms. The first-order chi connectivity index (χ1) is 5.75. The average molecular weight is 167 g/mol. The monoisotopic (exact) mass is 167 g/mol. The molecule has 0 radical (unpaired) electrons. The first kappa shape index (κ1) is 8.09. The second-order valence-corrected chi connectivity index (χ2v) is 4.32. The zero-order chi connectivity index (χ0) is 8.55. The van der Waals surface area contributed by atoms with E-state index in [0.717, 1.165) is 11.8 Å². The molecule has 68 valence electrons. The van der Waals surface area contributed by atoms with Crippen molar-refractivity contribution in [2.45, 2.75) is 45.1 Å². The molecule has 0 aromatic carbocycles. The van der Waals surface area contributed by atoms with E-state index in [1.807, 2.05) is 0 Å². The van der Waals surface area contributed by atoms with Crippen LogP contribution in [0.25, 0.3) is 0 Å². The Morgan fingerprint density at radius 3 is 2.33 bits per heavy atom. The average Bonchev–Trinajstić information content (AvgIpc) is 2.05. The summed E-state index contributed by atoms with van der Waals surface area (Å²) in [5, 5.41) is 3.07. The van der Waals surface area contributed by atoms with Crippen molar-refractivity contribution in [3.63, 3.8) is 0 Å². The molecule has 1 N–H and O–H groups in total. The van der Waals surface area contributed by atoms with Crippen LogP contribution < -0.4 is 5.32 Å². The third kappa shape index (κ3) is 1.47. The Balaban J connectivity index is 1.95. The Morgan fingerprint density at radius 2 is 1.92 bits per heavy atom. The van der Waals surface area contributed by atoms with Crippen molar-refractivity contribution in [1.82, 2.24) is 5.32 Å². The van der Waals surface area contributed by atoms with Crippen LogP contribution >= 0.6 is 0 Å². The van der Waals surface area contributed by atoms with Gasteiger partial charge in [0.1, 0.15) is 0 Å². The number of hydrogen-bond acceptors (Lipinski definition) is 1. The highest BCUT2D eigenvalue weighted by atomic mass is 16.1. The molecule has 2 bridgehead atoms. The number of rotatable bonds is 1. The number of carbonyl (C=O) groups excluding carboxylic acids is 1. The molecule has 3 aliphatic rings. The smallest absolute Gasteiger partial charge is 0.217 e. The van der Waals surface area contributed by atoms with E-state index in [4.69, 9.17) is 0 Å². The number of nitrogens with one attached hydrogen (secondary N) is 1. The second kappa shape index (κ2) is 3.08. The van der Waals surface area contributed by atoms with Crippen LogP contribution in [0.15, 0.2) is 0 Å². The summed E-state index contributed by atoms with van der Waals surface area (Å²) < 4.78 is 0. The van der Waals surface area contributed by atoms with Crippen molar-refractivity contribution >= 4 is 5.91 Å². The molecule has 0 aromatic rings. The summed E-state index contributed by atoms with van der Waals surface area (Å²) in [6, 6.07) is 0.509. The van der Waals surface area contributed by atoms with Gasteiger partial charge < -0.3 is 5.32 Å². The van der Waals surface area contributed by atoms with Crippen molar-refractivity contribution in [2.75, 3.05) is 0 Å². The van der Waals surface area contributed by atoms with E-state index in [-0.39, 0.29) is 5.91 Å². The number of carbonyl (C=O) groups is 1. The summed E-state index contributed by atoms with van der Waals surface area (Å²) in [5.74, 6) is 1.85. The zero-order valence-corrected chi connectivity index (χ0v) is 7.68. The molecule has 2 heteroatoms. The van der Waals surface area contributed by atoms with Gasteiger partial charge in [-0.1, -0.05) is 12.8 Å². The lowest BCUT2D eigenvalue weighted by molar-refractivity contribution is -0.120. The summed E-state index contributed by atoms with van der Waals surface area (Å²) in [5.41, 5.74) is 0. The van der Waals surface area contributed by atoms with E-state index in [9.17, 15) is 4.79 Å². The van der Waals surface area contributed by atoms with Crippen molar-refractivity contribution in [1.29, 1.82) is 0 Å². The van der Waals surface area contributed by atoms with Gasteiger partial charge in [0.15, 0.2) is 0 Å². The lowest BCUT2D eigenvalue weighted by Gasteiger charge is -2.42. The molecular weight excluding hydrogens is 150 g/mol. The Morgan fingerprint density at radius 1 is 1.25 bits per heavy atom. The van der Waals surface area contributed by atoms with Gasteiger partial charge in [-0.05, 0) is 31.1 Å². The summed E-state index contributed by atoms with van der Waals surface area (Å²) >= 11 is 0. The predicted octanol–water partition coefficient (Wildman–Crippen LogP) is 1.70. The van der Waals surface area contributed by atoms with Gasteiger partial charge >= 0.3 is 0 Å². The lowest BCUT2D eigenvalue weighted by atomic mass is 9.68. The summed E-state index contributed by atoms with van der Waals surface area (Å²) in [4.78, 5) is 10.9. The fourth-order valence-electron chi connectivity index (χ4n) is 2.82. The predicted molar refractivity (Wildman–Crippen MR) is 47.7 cm³/mol. The third-order valence-corrected chi connectivity index (χ3v) is 3.44. The van der Waals surface area contributed by atoms with Gasteiger partial charge in [0.25, 0.3) is 0 Å². The van der Waals surface area contributed by atoms with Crippen molar-refractivity contribution in [2.24, 2.45) is 11.8 Å². The zero-order valence-electron chi connectivity index (χ0n) is 7.68. The highest BCUT2D eigenvalue weighted by molar-refractivity contribution is 5.73. The van der Waals surface area contributed by atoms with E-state index < -0.39 is 0 Å². The molecule has 3 saturated carbocycles. The van der Waals surface area contributed by atoms with Crippen LogP contribution in [-0.4, -0.2) is 11.9 Å². The van der Waals surface area contributed by atoms with E-state index in [1.54, 1.807) is 6.92 Å². The van der Waals surface area contributed by atoms with Crippen LogP contribution in [-0.2, 0) is 4.79 Å². The first-order valence-electron chi connectivity index (χ1n) is 5.03. The van der Waals surface area contributed by atoms with Gasteiger partial charge in [0.2, 0.25) is 5.91 Å². The van der Waals surface area contributed by atoms with E-state index >= 15 is 0 Å².